The fraction of sp³-hybridized carbons (Fsp3) is 0.429. The minimum Gasteiger partial charge on any atom is -0.380 e. The molecule has 4 heteroatoms. The second kappa shape index (κ2) is 4.07. The molecule has 0 saturated heterocycles. The number of ether oxygens (including phenoxy) is 1. The molecule has 1 rings (SSSR count). The van der Waals surface area contributed by atoms with Gasteiger partial charge in [0.1, 0.15) is 0 Å². The Hall–Kier alpha value is -0.0900. The van der Waals surface area contributed by atoms with Crippen LogP contribution < -0.4 is 5.73 Å². The molecular weight excluding hydrogens is 182 g/mol. The average molecular weight is 192 g/mol. The SMILES string of the molecule is COCc1cc(CN)sc1Cl. The van der Waals surface area contributed by atoms with E-state index in [1.165, 1.54) is 11.3 Å². The summed E-state index contributed by atoms with van der Waals surface area (Å²) in [5.41, 5.74) is 6.47. The van der Waals surface area contributed by atoms with E-state index >= 15 is 0 Å². The van der Waals surface area contributed by atoms with Gasteiger partial charge in [-0.2, -0.15) is 0 Å². The van der Waals surface area contributed by atoms with E-state index in [1.807, 2.05) is 6.07 Å². The lowest BCUT2D eigenvalue weighted by atomic mass is 10.3. The molecule has 0 saturated carbocycles. The predicted octanol–water partition coefficient (Wildman–Crippen LogP) is 2.01. The lowest BCUT2D eigenvalue weighted by molar-refractivity contribution is 0.185. The molecule has 0 radical (unpaired) electrons. The number of thiophene rings is 1. The van der Waals surface area contributed by atoms with Crippen molar-refractivity contribution in [1.82, 2.24) is 0 Å². The van der Waals surface area contributed by atoms with Crippen LogP contribution in [0.3, 0.4) is 0 Å². The summed E-state index contributed by atoms with van der Waals surface area (Å²) in [6, 6.07) is 1.98. The maximum atomic E-state index is 5.89. The van der Waals surface area contributed by atoms with Gasteiger partial charge in [0.15, 0.2) is 0 Å². The van der Waals surface area contributed by atoms with Crippen LogP contribution in [-0.4, -0.2) is 7.11 Å². The maximum absolute atomic E-state index is 5.89. The number of hydrogen-bond donors (Lipinski definition) is 1. The lowest BCUT2D eigenvalue weighted by Crippen LogP contribution is -1.92. The summed E-state index contributed by atoms with van der Waals surface area (Å²) < 4.78 is 5.73. The Labute approximate surface area is 74.9 Å². The summed E-state index contributed by atoms with van der Waals surface area (Å²) in [6.45, 7) is 1.11. The number of methoxy groups -OCH3 is 1. The van der Waals surface area contributed by atoms with Crippen LogP contribution in [0.15, 0.2) is 6.07 Å². The number of hydrogen-bond acceptors (Lipinski definition) is 3. The molecule has 0 fully saturated rings. The lowest BCUT2D eigenvalue weighted by Gasteiger charge is -1.93. The van der Waals surface area contributed by atoms with Crippen molar-refractivity contribution in [3.63, 3.8) is 0 Å². The smallest absolute Gasteiger partial charge is 0.0986 e. The van der Waals surface area contributed by atoms with Gasteiger partial charge in [0.05, 0.1) is 10.9 Å². The highest BCUT2D eigenvalue weighted by Gasteiger charge is 2.04. The van der Waals surface area contributed by atoms with Gasteiger partial charge in [-0.1, -0.05) is 11.6 Å². The molecule has 2 N–H and O–H groups in total. The van der Waals surface area contributed by atoms with Crippen LogP contribution in [0.1, 0.15) is 10.4 Å². The molecule has 0 atom stereocenters. The molecule has 2 nitrogen and oxygen atoms in total. The number of rotatable bonds is 3. The average Bonchev–Trinajstić information content (AvgIpc) is 2.33. The predicted molar refractivity (Wildman–Crippen MR) is 47.9 cm³/mol. The molecular formula is C7H10ClNOS. The topological polar surface area (TPSA) is 35.2 Å². The molecule has 0 amide bonds. The molecule has 0 spiro atoms. The highest BCUT2D eigenvalue weighted by Crippen LogP contribution is 2.27. The van der Waals surface area contributed by atoms with E-state index in [-0.39, 0.29) is 0 Å². The standard InChI is InChI=1S/C7H10ClNOS/c1-10-4-5-2-6(3-9)11-7(5)8/h2H,3-4,9H2,1H3. The van der Waals surface area contributed by atoms with E-state index in [0.29, 0.717) is 13.2 Å². The first-order valence-corrected chi connectivity index (χ1v) is 4.43. The molecule has 0 aromatic carbocycles. The van der Waals surface area contributed by atoms with Crippen molar-refractivity contribution in [3.8, 4) is 0 Å². The number of nitrogens with two attached hydrogens (primary N) is 1. The van der Waals surface area contributed by atoms with E-state index < -0.39 is 0 Å². The molecule has 0 bridgehead atoms. The molecule has 1 heterocycles. The second-order valence-corrected chi connectivity index (χ2v) is 3.89. The first kappa shape index (κ1) is 9.00. The van der Waals surface area contributed by atoms with Gasteiger partial charge in [-0.3, -0.25) is 0 Å². The van der Waals surface area contributed by atoms with E-state index in [9.17, 15) is 0 Å². The Kier molecular flexibility index (Phi) is 3.33. The van der Waals surface area contributed by atoms with Gasteiger partial charge < -0.3 is 10.5 Å². The zero-order valence-electron chi connectivity index (χ0n) is 6.26. The molecule has 0 aliphatic carbocycles. The summed E-state index contributed by atoms with van der Waals surface area (Å²) >= 11 is 7.40. The third-order valence-corrected chi connectivity index (χ3v) is 2.77. The molecule has 62 valence electrons. The van der Waals surface area contributed by atoms with Crippen LogP contribution in [0.5, 0.6) is 0 Å². The number of halogens is 1. The minimum atomic E-state index is 0.550. The fourth-order valence-electron chi connectivity index (χ4n) is 0.816. The zero-order valence-corrected chi connectivity index (χ0v) is 7.84. The second-order valence-electron chi connectivity index (χ2n) is 2.15. The van der Waals surface area contributed by atoms with Crippen LogP contribution in [-0.2, 0) is 17.9 Å². The van der Waals surface area contributed by atoms with Crippen LogP contribution in [0, 0.1) is 0 Å². The van der Waals surface area contributed by atoms with Crippen molar-refractivity contribution >= 4 is 22.9 Å². The van der Waals surface area contributed by atoms with Gasteiger partial charge in [0.2, 0.25) is 0 Å². The van der Waals surface area contributed by atoms with Gasteiger partial charge in [-0.05, 0) is 6.07 Å². The van der Waals surface area contributed by atoms with Crippen LogP contribution in [0.4, 0.5) is 0 Å². The van der Waals surface area contributed by atoms with Crippen molar-refractivity contribution in [1.29, 1.82) is 0 Å². The molecule has 0 unspecified atom stereocenters. The summed E-state index contributed by atoms with van der Waals surface area (Å²) in [7, 11) is 1.65. The third kappa shape index (κ3) is 2.17. The van der Waals surface area contributed by atoms with E-state index in [0.717, 1.165) is 14.8 Å². The largest absolute Gasteiger partial charge is 0.380 e. The van der Waals surface area contributed by atoms with E-state index in [4.69, 9.17) is 22.1 Å². The molecule has 1 aromatic heterocycles. The Morgan fingerprint density at radius 1 is 1.73 bits per heavy atom. The third-order valence-electron chi connectivity index (χ3n) is 1.31. The zero-order chi connectivity index (χ0) is 8.27. The van der Waals surface area contributed by atoms with E-state index in [1.54, 1.807) is 7.11 Å². The Morgan fingerprint density at radius 2 is 2.45 bits per heavy atom. The van der Waals surface area contributed by atoms with Crippen LogP contribution in [0.25, 0.3) is 0 Å². The van der Waals surface area contributed by atoms with Crippen LogP contribution >= 0.6 is 22.9 Å². The summed E-state index contributed by atoms with van der Waals surface area (Å²) in [4.78, 5) is 1.10. The highest BCUT2D eigenvalue weighted by molar-refractivity contribution is 7.16. The molecule has 0 aliphatic rings. The quantitative estimate of drug-likeness (QED) is 0.794. The van der Waals surface area contributed by atoms with Crippen molar-refractivity contribution in [3.05, 3.63) is 20.8 Å². The minimum absolute atomic E-state index is 0.550. The molecule has 11 heavy (non-hydrogen) atoms. The Balaban J connectivity index is 2.79. The first-order chi connectivity index (χ1) is 5.27. The summed E-state index contributed by atoms with van der Waals surface area (Å²) in [6.07, 6.45) is 0. The molecule has 0 aliphatic heterocycles. The monoisotopic (exact) mass is 191 g/mol. The normalized spacial score (nSPS) is 10.5. The maximum Gasteiger partial charge on any atom is 0.0986 e. The summed E-state index contributed by atoms with van der Waals surface area (Å²) in [5.74, 6) is 0. The summed E-state index contributed by atoms with van der Waals surface area (Å²) in [5, 5.41) is 0. The van der Waals surface area contributed by atoms with Gasteiger partial charge in [-0.15, -0.1) is 11.3 Å². The fourth-order valence-corrected chi connectivity index (χ4v) is 1.99. The Morgan fingerprint density at radius 3 is 2.91 bits per heavy atom. The van der Waals surface area contributed by atoms with Gasteiger partial charge in [0.25, 0.3) is 0 Å². The van der Waals surface area contributed by atoms with Gasteiger partial charge in [-0.25, -0.2) is 0 Å². The van der Waals surface area contributed by atoms with Crippen molar-refractivity contribution in [2.24, 2.45) is 5.73 Å². The highest BCUT2D eigenvalue weighted by atomic mass is 35.5. The van der Waals surface area contributed by atoms with Gasteiger partial charge >= 0.3 is 0 Å². The van der Waals surface area contributed by atoms with Crippen molar-refractivity contribution < 1.29 is 4.74 Å². The van der Waals surface area contributed by atoms with Crippen molar-refractivity contribution in [2.75, 3.05) is 7.11 Å². The van der Waals surface area contributed by atoms with Crippen LogP contribution in [0.2, 0.25) is 4.34 Å². The molecule has 1 aromatic rings. The van der Waals surface area contributed by atoms with Gasteiger partial charge in [0, 0.05) is 24.1 Å². The first-order valence-electron chi connectivity index (χ1n) is 3.24. The Bertz CT molecular complexity index is 236. The van der Waals surface area contributed by atoms with Crippen molar-refractivity contribution in [2.45, 2.75) is 13.2 Å². The van der Waals surface area contributed by atoms with E-state index in [2.05, 4.69) is 0 Å².